The zero-order valence-electron chi connectivity index (χ0n) is 14.4. The quantitative estimate of drug-likeness (QED) is 0.724. The summed E-state index contributed by atoms with van der Waals surface area (Å²) in [6.07, 6.45) is 3.87. The lowest BCUT2D eigenvalue weighted by Crippen LogP contribution is -2.31. The zero-order chi connectivity index (χ0) is 17.5. The van der Waals surface area contributed by atoms with Crippen LogP contribution in [0.5, 0.6) is 0 Å². The molecule has 1 aromatic heterocycles. The van der Waals surface area contributed by atoms with Crippen molar-refractivity contribution in [1.82, 2.24) is 14.7 Å². The Morgan fingerprint density at radius 1 is 1.21 bits per heavy atom. The highest BCUT2D eigenvalue weighted by molar-refractivity contribution is 7.98. The molecule has 0 N–H and O–H groups in total. The third kappa shape index (κ3) is 4.71. The highest BCUT2D eigenvalue weighted by Gasteiger charge is 2.15. The van der Waals surface area contributed by atoms with E-state index in [-0.39, 0.29) is 11.5 Å². The molecule has 0 saturated heterocycles. The van der Waals surface area contributed by atoms with E-state index < -0.39 is 0 Å². The number of aryl methyl sites for hydroxylation is 1. The molecule has 5 nitrogen and oxygen atoms in total. The number of carbonyl (C=O) groups is 1. The van der Waals surface area contributed by atoms with E-state index in [1.54, 1.807) is 23.7 Å². The smallest absolute Gasteiger partial charge is 0.274 e. The Hall–Kier alpha value is -2.08. The maximum Gasteiger partial charge on any atom is 0.274 e. The van der Waals surface area contributed by atoms with Gasteiger partial charge in [0.05, 0.1) is 0 Å². The Morgan fingerprint density at radius 3 is 2.54 bits per heavy atom. The number of aromatic nitrogens is 2. The fraction of sp³-hybridized carbons (Fsp3) is 0.389. The van der Waals surface area contributed by atoms with Gasteiger partial charge >= 0.3 is 0 Å². The van der Waals surface area contributed by atoms with Gasteiger partial charge in [0, 0.05) is 31.1 Å². The first-order valence-electron chi connectivity index (χ1n) is 8.01. The number of thioether (sulfide) groups is 1. The molecule has 0 unspecified atom stereocenters. The van der Waals surface area contributed by atoms with E-state index in [0.717, 1.165) is 18.4 Å². The van der Waals surface area contributed by atoms with Crippen LogP contribution in [0.25, 0.3) is 0 Å². The van der Waals surface area contributed by atoms with E-state index in [0.29, 0.717) is 18.8 Å². The molecule has 0 aliphatic heterocycles. The highest BCUT2D eigenvalue weighted by atomic mass is 32.2. The van der Waals surface area contributed by atoms with Crippen molar-refractivity contribution in [2.75, 3.05) is 13.3 Å². The summed E-state index contributed by atoms with van der Waals surface area (Å²) in [5, 5.41) is 4.21. The van der Waals surface area contributed by atoms with E-state index >= 15 is 0 Å². The topological polar surface area (TPSA) is 55.2 Å². The van der Waals surface area contributed by atoms with Gasteiger partial charge in [0.25, 0.3) is 11.5 Å². The number of hydrogen-bond donors (Lipinski definition) is 0. The van der Waals surface area contributed by atoms with E-state index in [1.165, 1.54) is 21.7 Å². The molecule has 1 aromatic carbocycles. The summed E-state index contributed by atoms with van der Waals surface area (Å²) in [5.41, 5.74) is 1.19. The molecule has 6 heteroatoms. The van der Waals surface area contributed by atoms with Crippen LogP contribution in [0.2, 0.25) is 0 Å². The van der Waals surface area contributed by atoms with Crippen LogP contribution >= 0.6 is 11.8 Å². The lowest BCUT2D eigenvalue weighted by Gasteiger charge is -2.17. The predicted molar refractivity (Wildman–Crippen MR) is 97.4 cm³/mol. The van der Waals surface area contributed by atoms with E-state index in [4.69, 9.17) is 0 Å². The lowest BCUT2D eigenvalue weighted by atomic mass is 10.2. The third-order valence-electron chi connectivity index (χ3n) is 3.73. The maximum absolute atomic E-state index is 12.6. The number of hydrogen-bond acceptors (Lipinski definition) is 4. The number of rotatable bonds is 7. The standard InChI is InChI=1S/C18H23N3O2S/c1-4-5-12-21-17(22)11-10-16(19-21)18(23)20(2)13-14-6-8-15(24-3)9-7-14/h6-11H,4-5,12-13H2,1-3H3. The molecular weight excluding hydrogens is 322 g/mol. The summed E-state index contributed by atoms with van der Waals surface area (Å²) in [6, 6.07) is 11.0. The maximum atomic E-state index is 12.6. The van der Waals surface area contributed by atoms with Crippen LogP contribution in [0.3, 0.4) is 0 Å². The first-order valence-corrected chi connectivity index (χ1v) is 9.24. The number of carbonyl (C=O) groups excluding carboxylic acids is 1. The van der Waals surface area contributed by atoms with Crippen LogP contribution in [0.4, 0.5) is 0 Å². The van der Waals surface area contributed by atoms with Crippen LogP contribution in [-0.2, 0) is 13.1 Å². The van der Waals surface area contributed by atoms with Crippen molar-refractivity contribution < 1.29 is 4.79 Å². The van der Waals surface area contributed by atoms with Crippen molar-refractivity contribution in [3.05, 3.63) is 58.0 Å². The molecular formula is C18H23N3O2S. The van der Waals surface area contributed by atoms with Crippen molar-refractivity contribution in [2.24, 2.45) is 0 Å². The van der Waals surface area contributed by atoms with Gasteiger partial charge in [0.15, 0.2) is 0 Å². The minimum absolute atomic E-state index is 0.171. The monoisotopic (exact) mass is 345 g/mol. The van der Waals surface area contributed by atoms with E-state index in [2.05, 4.69) is 12.0 Å². The molecule has 0 bridgehead atoms. The molecule has 2 aromatic rings. The minimum atomic E-state index is -0.186. The van der Waals surface area contributed by atoms with Crippen molar-refractivity contribution in [3.63, 3.8) is 0 Å². The zero-order valence-corrected chi connectivity index (χ0v) is 15.2. The highest BCUT2D eigenvalue weighted by Crippen LogP contribution is 2.16. The average molecular weight is 345 g/mol. The largest absolute Gasteiger partial charge is 0.336 e. The molecule has 0 aliphatic carbocycles. The Labute approximate surface area is 146 Å². The van der Waals surface area contributed by atoms with E-state index in [9.17, 15) is 9.59 Å². The molecule has 2 rings (SSSR count). The predicted octanol–water partition coefficient (Wildman–Crippen LogP) is 3.04. The summed E-state index contributed by atoms with van der Waals surface area (Å²) in [6.45, 7) is 3.09. The Bertz CT molecular complexity index is 741. The molecule has 0 saturated carbocycles. The van der Waals surface area contributed by atoms with Gasteiger partial charge < -0.3 is 4.90 Å². The summed E-state index contributed by atoms with van der Waals surface area (Å²) in [5.74, 6) is -0.186. The normalized spacial score (nSPS) is 10.6. The van der Waals surface area contributed by atoms with E-state index in [1.807, 2.05) is 30.5 Å². The van der Waals surface area contributed by atoms with Crippen molar-refractivity contribution in [1.29, 1.82) is 0 Å². The molecule has 0 radical (unpaired) electrons. The SMILES string of the molecule is CCCCn1nc(C(=O)N(C)Cc2ccc(SC)cc2)ccc1=O. The van der Waals surface area contributed by atoms with Crippen molar-refractivity contribution in [3.8, 4) is 0 Å². The molecule has 1 heterocycles. The van der Waals surface area contributed by atoms with Gasteiger partial charge in [-0.25, -0.2) is 4.68 Å². The second kappa shape index (κ2) is 8.68. The van der Waals surface area contributed by atoms with Crippen LogP contribution in [0.1, 0.15) is 35.8 Å². The van der Waals surface area contributed by atoms with Gasteiger partial charge in [0.2, 0.25) is 0 Å². The van der Waals surface area contributed by atoms with Gasteiger partial charge in [-0.2, -0.15) is 5.10 Å². The first-order chi connectivity index (χ1) is 11.5. The van der Waals surface area contributed by atoms with Crippen molar-refractivity contribution >= 4 is 17.7 Å². The van der Waals surface area contributed by atoms with Gasteiger partial charge in [0.1, 0.15) is 5.69 Å². The number of unbranched alkanes of at least 4 members (excludes halogenated alkanes) is 1. The van der Waals surface area contributed by atoms with Crippen molar-refractivity contribution in [2.45, 2.75) is 37.8 Å². The Morgan fingerprint density at radius 2 is 1.92 bits per heavy atom. The van der Waals surface area contributed by atoms with Gasteiger partial charge in [-0.05, 0) is 36.4 Å². The van der Waals surface area contributed by atoms with Crippen LogP contribution < -0.4 is 5.56 Å². The van der Waals surface area contributed by atoms with Crippen LogP contribution in [0, 0.1) is 0 Å². The molecule has 0 spiro atoms. The molecule has 0 fully saturated rings. The lowest BCUT2D eigenvalue weighted by molar-refractivity contribution is 0.0776. The summed E-state index contributed by atoms with van der Waals surface area (Å²) in [4.78, 5) is 27.2. The molecule has 24 heavy (non-hydrogen) atoms. The fourth-order valence-corrected chi connectivity index (χ4v) is 2.71. The minimum Gasteiger partial charge on any atom is -0.336 e. The fourth-order valence-electron chi connectivity index (χ4n) is 2.30. The second-order valence-electron chi connectivity index (χ2n) is 5.64. The van der Waals surface area contributed by atoms with Crippen LogP contribution in [0.15, 0.2) is 46.1 Å². The van der Waals surface area contributed by atoms with Crippen LogP contribution in [-0.4, -0.2) is 33.9 Å². The first kappa shape index (κ1) is 18.3. The van der Waals surface area contributed by atoms with Gasteiger partial charge in [-0.15, -0.1) is 11.8 Å². The van der Waals surface area contributed by atoms with Gasteiger partial charge in [-0.3, -0.25) is 9.59 Å². The summed E-state index contributed by atoms with van der Waals surface area (Å²) >= 11 is 1.69. The molecule has 128 valence electrons. The number of benzene rings is 1. The van der Waals surface area contributed by atoms with Gasteiger partial charge in [-0.1, -0.05) is 25.5 Å². The molecule has 1 amide bonds. The second-order valence-corrected chi connectivity index (χ2v) is 6.52. The third-order valence-corrected chi connectivity index (χ3v) is 4.48. The molecule has 0 atom stereocenters. The summed E-state index contributed by atoms with van der Waals surface area (Å²) < 4.78 is 1.37. The average Bonchev–Trinajstić information content (AvgIpc) is 2.61. The summed E-state index contributed by atoms with van der Waals surface area (Å²) in [7, 11) is 1.74. The number of nitrogens with zero attached hydrogens (tertiary/aromatic N) is 3. The number of amides is 1. The Kier molecular flexibility index (Phi) is 6.61. The Balaban J connectivity index is 2.10. The molecule has 0 aliphatic rings.